The molecule has 0 bridgehead atoms. The van der Waals surface area contributed by atoms with E-state index in [0.717, 1.165) is 0 Å². The zero-order chi connectivity index (χ0) is 5.15. The van der Waals surface area contributed by atoms with Gasteiger partial charge >= 0.3 is 0 Å². The molecule has 0 fully saturated rings. The number of thiol groups is 1. The van der Waals surface area contributed by atoms with Crippen molar-refractivity contribution in [1.29, 1.82) is 0 Å². The van der Waals surface area contributed by atoms with Crippen LogP contribution in [0.2, 0.25) is 0 Å². The SMILES string of the molecule is C[C](N)[SH](=O)=O. The molecule has 0 heterocycles. The third-order valence-electron chi connectivity index (χ3n) is 0.288. The van der Waals surface area contributed by atoms with Gasteiger partial charge in [-0.1, -0.05) is 0 Å². The molecule has 0 atom stereocenters. The molecule has 6 heavy (non-hydrogen) atoms. The summed E-state index contributed by atoms with van der Waals surface area (Å²) in [7, 11) is -2.47. The third-order valence-corrected chi connectivity index (χ3v) is 0.864. The second-order valence-electron chi connectivity index (χ2n) is 0.898. The van der Waals surface area contributed by atoms with E-state index >= 15 is 0 Å². The summed E-state index contributed by atoms with van der Waals surface area (Å²) in [5.74, 6) is 0. The lowest BCUT2D eigenvalue weighted by Crippen LogP contribution is -2.04. The third kappa shape index (κ3) is 2.17. The lowest BCUT2D eigenvalue weighted by Gasteiger charge is -1.82. The summed E-state index contributed by atoms with van der Waals surface area (Å²) in [6.45, 7) is 1.34. The van der Waals surface area contributed by atoms with Gasteiger partial charge in [0, 0.05) is 0 Å². The van der Waals surface area contributed by atoms with Crippen LogP contribution in [0.3, 0.4) is 0 Å². The van der Waals surface area contributed by atoms with Gasteiger partial charge in [-0.05, 0) is 6.92 Å². The van der Waals surface area contributed by atoms with Crippen molar-refractivity contribution in [3.8, 4) is 0 Å². The molecule has 37 valence electrons. The fourth-order valence-corrected chi connectivity index (χ4v) is 0. The van der Waals surface area contributed by atoms with Crippen LogP contribution in [0, 0.1) is 5.37 Å². The van der Waals surface area contributed by atoms with Crippen molar-refractivity contribution in [1.82, 2.24) is 0 Å². The second-order valence-corrected chi connectivity index (χ2v) is 2.12. The van der Waals surface area contributed by atoms with Crippen LogP contribution in [-0.4, -0.2) is 8.42 Å². The highest BCUT2D eigenvalue weighted by Gasteiger charge is 1.90. The molecule has 0 aromatic heterocycles. The van der Waals surface area contributed by atoms with Crippen molar-refractivity contribution in [3.05, 3.63) is 5.37 Å². The minimum absolute atomic E-state index is 0.0370. The van der Waals surface area contributed by atoms with Crippen LogP contribution in [0.5, 0.6) is 0 Å². The van der Waals surface area contributed by atoms with Gasteiger partial charge in [0.25, 0.3) is 0 Å². The Labute approximate surface area is 38.1 Å². The highest BCUT2D eigenvalue weighted by atomic mass is 32.2. The molecule has 3 nitrogen and oxygen atoms in total. The Bertz CT molecular complexity index is 87.7. The minimum atomic E-state index is -2.47. The van der Waals surface area contributed by atoms with Crippen molar-refractivity contribution in [3.63, 3.8) is 0 Å². The molecule has 0 saturated heterocycles. The summed E-state index contributed by atoms with van der Waals surface area (Å²) in [6, 6.07) is 0. The Morgan fingerprint density at radius 2 is 1.83 bits per heavy atom. The molecule has 0 spiro atoms. The first-order valence-corrected chi connectivity index (χ1v) is 2.55. The highest BCUT2D eigenvalue weighted by Crippen LogP contribution is 1.80. The maximum Gasteiger partial charge on any atom is 0.161 e. The fourth-order valence-electron chi connectivity index (χ4n) is 0. The topological polar surface area (TPSA) is 60.2 Å². The van der Waals surface area contributed by atoms with E-state index in [2.05, 4.69) is 0 Å². The largest absolute Gasteiger partial charge is 0.311 e. The van der Waals surface area contributed by atoms with Crippen LogP contribution in [0.4, 0.5) is 0 Å². The maximum absolute atomic E-state index is 9.57. The molecule has 2 N–H and O–H groups in total. The summed E-state index contributed by atoms with van der Waals surface area (Å²) in [5.41, 5.74) is 4.76. The molecule has 0 aliphatic carbocycles. The van der Waals surface area contributed by atoms with E-state index in [1.807, 2.05) is 0 Å². The predicted molar refractivity (Wildman–Crippen MR) is 23.4 cm³/mol. The van der Waals surface area contributed by atoms with Gasteiger partial charge in [0.1, 0.15) is 5.37 Å². The summed E-state index contributed by atoms with van der Waals surface area (Å²) in [6.07, 6.45) is 0. The standard InChI is InChI=1S/C2H6NO2S/c1-2(3)6(4)5/h6H,3H2,1H3. The van der Waals surface area contributed by atoms with Gasteiger partial charge in [-0.15, -0.1) is 0 Å². The lowest BCUT2D eigenvalue weighted by molar-refractivity contribution is 0.614. The highest BCUT2D eigenvalue weighted by molar-refractivity contribution is 7.75. The molecule has 0 unspecified atom stereocenters. The van der Waals surface area contributed by atoms with Crippen LogP contribution < -0.4 is 5.73 Å². The summed E-state index contributed by atoms with van der Waals surface area (Å²) in [5, 5.41) is -0.0370. The molecule has 0 amide bonds. The Balaban J connectivity index is 3.57. The van der Waals surface area contributed by atoms with Crippen LogP contribution >= 0.6 is 0 Å². The summed E-state index contributed by atoms with van der Waals surface area (Å²) >= 11 is 0. The van der Waals surface area contributed by atoms with Gasteiger partial charge in [0.05, 0.1) is 0 Å². The Morgan fingerprint density at radius 3 is 1.83 bits per heavy atom. The number of rotatable bonds is 1. The molecule has 1 radical (unpaired) electrons. The first-order chi connectivity index (χ1) is 2.64. The van der Waals surface area contributed by atoms with Crippen molar-refractivity contribution in [2.24, 2.45) is 5.73 Å². The summed E-state index contributed by atoms with van der Waals surface area (Å²) in [4.78, 5) is 0. The number of nitrogens with two attached hydrogens (primary N) is 1. The van der Waals surface area contributed by atoms with E-state index < -0.39 is 10.7 Å². The van der Waals surface area contributed by atoms with E-state index in [1.54, 1.807) is 0 Å². The van der Waals surface area contributed by atoms with Gasteiger partial charge in [-0.25, -0.2) is 8.42 Å². The van der Waals surface area contributed by atoms with Crippen LogP contribution in [-0.2, 0) is 10.7 Å². The molecule has 4 heteroatoms. The van der Waals surface area contributed by atoms with Crippen molar-refractivity contribution in [2.75, 3.05) is 0 Å². The van der Waals surface area contributed by atoms with Gasteiger partial charge in [-0.2, -0.15) is 0 Å². The normalized spacial score (nSPS) is 10.7. The molecule has 0 rings (SSSR count). The van der Waals surface area contributed by atoms with Gasteiger partial charge in [-0.3, -0.25) is 0 Å². The smallest absolute Gasteiger partial charge is 0.161 e. The zero-order valence-corrected chi connectivity index (χ0v) is 4.24. The van der Waals surface area contributed by atoms with E-state index in [4.69, 9.17) is 5.73 Å². The molecule has 0 aromatic carbocycles. The van der Waals surface area contributed by atoms with Crippen LogP contribution in [0.1, 0.15) is 6.92 Å². The van der Waals surface area contributed by atoms with Gasteiger partial charge in [0.15, 0.2) is 10.7 Å². The Morgan fingerprint density at radius 1 is 1.67 bits per heavy atom. The zero-order valence-electron chi connectivity index (χ0n) is 3.34. The molecule has 0 aromatic rings. The minimum Gasteiger partial charge on any atom is -0.311 e. The number of hydrogen-bond acceptors (Lipinski definition) is 3. The van der Waals surface area contributed by atoms with Crippen molar-refractivity contribution >= 4 is 10.7 Å². The fraction of sp³-hybridized carbons (Fsp3) is 0.500. The second kappa shape index (κ2) is 2.15. The first-order valence-electron chi connectivity index (χ1n) is 1.38. The molecule has 0 aliphatic rings. The van der Waals surface area contributed by atoms with Crippen molar-refractivity contribution < 1.29 is 8.42 Å². The van der Waals surface area contributed by atoms with E-state index in [9.17, 15) is 8.42 Å². The van der Waals surface area contributed by atoms with E-state index in [0.29, 0.717) is 0 Å². The average Bonchev–Trinajstić information content (AvgIpc) is 1.36. The summed E-state index contributed by atoms with van der Waals surface area (Å²) < 4.78 is 19.1. The molecule has 0 aliphatic heterocycles. The lowest BCUT2D eigenvalue weighted by atomic mass is 10.8. The van der Waals surface area contributed by atoms with Crippen LogP contribution in [0.15, 0.2) is 0 Å². The molecular formula is C2H6NO2S. The van der Waals surface area contributed by atoms with E-state index in [1.165, 1.54) is 6.92 Å². The average molecular weight is 108 g/mol. The number of hydrogen-bond donors (Lipinski definition) is 2. The van der Waals surface area contributed by atoms with Crippen LogP contribution in [0.25, 0.3) is 0 Å². The van der Waals surface area contributed by atoms with Gasteiger partial charge < -0.3 is 5.73 Å². The molecule has 0 saturated carbocycles. The first kappa shape index (κ1) is 5.91. The monoisotopic (exact) mass is 108 g/mol. The van der Waals surface area contributed by atoms with Gasteiger partial charge in [0.2, 0.25) is 0 Å². The van der Waals surface area contributed by atoms with Crippen molar-refractivity contribution in [2.45, 2.75) is 6.92 Å². The Hall–Kier alpha value is -0.0900. The maximum atomic E-state index is 9.57. The quantitative estimate of drug-likeness (QED) is 0.426. The Kier molecular flexibility index (Phi) is 2.12. The predicted octanol–water partition coefficient (Wildman–Crippen LogP) is -0.934. The molecular weight excluding hydrogens is 102 g/mol. The van der Waals surface area contributed by atoms with E-state index in [-0.39, 0.29) is 5.37 Å².